The van der Waals surface area contributed by atoms with E-state index in [2.05, 4.69) is 0 Å². The molecule has 0 N–H and O–H groups in total. The summed E-state index contributed by atoms with van der Waals surface area (Å²) < 4.78 is 161. The van der Waals surface area contributed by atoms with E-state index >= 15 is 35.1 Å². The van der Waals surface area contributed by atoms with Gasteiger partial charge < -0.3 is 9.13 Å². The van der Waals surface area contributed by atoms with Crippen LogP contribution < -0.4 is 0 Å². The zero-order chi connectivity index (χ0) is 38.1. The first kappa shape index (κ1) is 34.0. The second kappa shape index (κ2) is 10.9. The molecule has 6 aromatic carbocycles. The molecule has 9 rings (SSSR count). The summed E-state index contributed by atoms with van der Waals surface area (Å²) in [4.78, 5) is 0. The van der Waals surface area contributed by atoms with E-state index in [0.29, 0.717) is 46.3 Å². The molecule has 54 heavy (non-hydrogen) atoms. The summed E-state index contributed by atoms with van der Waals surface area (Å²) in [5.41, 5.74) is -5.05. The van der Waals surface area contributed by atoms with Gasteiger partial charge in [-0.15, -0.1) is 0 Å². The topological polar surface area (TPSA) is 9.86 Å². The van der Waals surface area contributed by atoms with Gasteiger partial charge in [0.1, 0.15) is 0 Å². The van der Waals surface area contributed by atoms with Crippen LogP contribution >= 0.6 is 0 Å². The third-order valence-electron chi connectivity index (χ3n) is 10.8. The lowest BCUT2D eigenvalue weighted by Gasteiger charge is -2.56. The second-order valence-corrected chi connectivity index (χ2v) is 13.5. The summed E-state index contributed by atoms with van der Waals surface area (Å²) in [5.74, 6) is -34.0. The number of halogens is 10. The van der Waals surface area contributed by atoms with Gasteiger partial charge in [0.15, 0.2) is 5.41 Å². The Morgan fingerprint density at radius 2 is 0.519 bits per heavy atom. The van der Waals surface area contributed by atoms with E-state index in [1.807, 2.05) is 24.3 Å². The van der Waals surface area contributed by atoms with Gasteiger partial charge in [-0.1, -0.05) is 97.1 Å². The van der Waals surface area contributed by atoms with Gasteiger partial charge in [0.2, 0.25) is 0 Å². The monoisotopic (exact) mass is 746 g/mol. The van der Waals surface area contributed by atoms with Crippen molar-refractivity contribution in [2.45, 2.75) is 35.0 Å². The number of para-hydroxylation sites is 4. The Hall–Kier alpha value is -5.78. The van der Waals surface area contributed by atoms with E-state index in [4.69, 9.17) is 0 Å². The Bertz CT molecular complexity index is 2470. The number of hydrogen-bond donors (Lipinski definition) is 0. The van der Waals surface area contributed by atoms with Crippen molar-refractivity contribution in [3.05, 3.63) is 157 Å². The third-order valence-corrected chi connectivity index (χ3v) is 10.8. The summed E-state index contributed by atoms with van der Waals surface area (Å²) in [7, 11) is 0. The summed E-state index contributed by atoms with van der Waals surface area (Å²) in [6.07, 6.45) is 0. The fourth-order valence-electron chi connectivity index (χ4n) is 8.27. The lowest BCUT2D eigenvalue weighted by molar-refractivity contribution is -0.465. The van der Waals surface area contributed by atoms with E-state index in [1.165, 1.54) is 0 Å². The zero-order valence-corrected chi connectivity index (χ0v) is 27.5. The maximum Gasteiger partial charge on any atom is 0.384 e. The molecule has 1 saturated carbocycles. The molecule has 1 fully saturated rings. The number of alkyl halides is 10. The summed E-state index contributed by atoms with van der Waals surface area (Å²) >= 11 is 0. The van der Waals surface area contributed by atoms with Crippen LogP contribution in [0.2, 0.25) is 0 Å². The molecule has 0 spiro atoms. The Labute approximate surface area is 299 Å². The minimum atomic E-state index is -7.14. The largest absolute Gasteiger partial charge is 0.384 e. The maximum atomic E-state index is 16.5. The molecule has 2 heterocycles. The molecular weight excluding hydrogens is 722 g/mol. The predicted octanol–water partition coefficient (Wildman–Crippen LogP) is 12.4. The lowest BCUT2D eigenvalue weighted by atomic mass is 9.56. The van der Waals surface area contributed by atoms with Gasteiger partial charge in [-0.2, -0.15) is 43.9 Å². The van der Waals surface area contributed by atoms with Gasteiger partial charge in [-0.25, -0.2) is 0 Å². The molecule has 1 aliphatic rings. The first-order valence-electron chi connectivity index (χ1n) is 16.7. The van der Waals surface area contributed by atoms with Crippen LogP contribution in [0.4, 0.5) is 43.9 Å². The van der Waals surface area contributed by atoms with Crippen LogP contribution in [-0.2, 0) is 5.41 Å². The van der Waals surface area contributed by atoms with Crippen molar-refractivity contribution in [3.8, 4) is 11.4 Å². The van der Waals surface area contributed by atoms with Crippen molar-refractivity contribution < 1.29 is 43.9 Å². The molecule has 272 valence electrons. The van der Waals surface area contributed by atoms with Crippen LogP contribution in [0, 0.1) is 0 Å². The lowest BCUT2D eigenvalue weighted by Crippen LogP contribution is -2.83. The number of aromatic nitrogens is 2. The number of nitrogens with zero attached hydrogens (tertiary/aromatic N) is 2. The van der Waals surface area contributed by atoms with Crippen molar-refractivity contribution in [2.75, 3.05) is 0 Å². The zero-order valence-electron chi connectivity index (χ0n) is 27.5. The average molecular weight is 747 g/mol. The van der Waals surface area contributed by atoms with Crippen molar-refractivity contribution in [1.29, 1.82) is 0 Å². The van der Waals surface area contributed by atoms with E-state index in [0.717, 1.165) is 45.8 Å². The SMILES string of the molecule is FC1(F)C(F)(F)C(F)(F)C(c2ccc(-n3c4ccccc4c4ccccc43)cc2)(c2ccc(-n3c4ccccc4c4ccccc43)cc2)C(F)(F)C1(F)F. The van der Waals surface area contributed by atoms with Gasteiger partial charge >= 0.3 is 29.6 Å². The molecule has 0 saturated heterocycles. The van der Waals surface area contributed by atoms with Crippen LogP contribution in [0.5, 0.6) is 0 Å². The highest BCUT2D eigenvalue weighted by Crippen LogP contribution is 2.73. The predicted molar refractivity (Wildman–Crippen MR) is 187 cm³/mol. The first-order chi connectivity index (χ1) is 25.6. The van der Waals surface area contributed by atoms with Gasteiger partial charge in [-0.3, -0.25) is 0 Å². The maximum absolute atomic E-state index is 16.5. The fourth-order valence-corrected chi connectivity index (χ4v) is 8.27. The van der Waals surface area contributed by atoms with Crippen LogP contribution in [0.3, 0.4) is 0 Å². The van der Waals surface area contributed by atoms with Crippen LogP contribution in [-0.4, -0.2) is 38.7 Å². The van der Waals surface area contributed by atoms with Crippen molar-refractivity contribution >= 4 is 43.6 Å². The molecule has 2 nitrogen and oxygen atoms in total. The smallest absolute Gasteiger partial charge is 0.309 e. The quantitative estimate of drug-likeness (QED) is 0.159. The van der Waals surface area contributed by atoms with Crippen LogP contribution in [0.25, 0.3) is 55.0 Å². The van der Waals surface area contributed by atoms with Gasteiger partial charge in [0, 0.05) is 32.9 Å². The number of benzene rings is 6. The van der Waals surface area contributed by atoms with E-state index in [1.54, 1.807) is 81.9 Å². The highest BCUT2D eigenvalue weighted by Gasteiger charge is 3.00. The number of hydrogen-bond acceptors (Lipinski definition) is 0. The highest BCUT2D eigenvalue weighted by molar-refractivity contribution is 6.10. The third kappa shape index (κ3) is 3.87. The average Bonchev–Trinajstić information content (AvgIpc) is 3.68. The van der Waals surface area contributed by atoms with Gasteiger partial charge in [0.05, 0.1) is 22.1 Å². The van der Waals surface area contributed by atoms with E-state index in [-0.39, 0.29) is 11.4 Å². The Morgan fingerprint density at radius 3 is 0.796 bits per heavy atom. The summed E-state index contributed by atoms with van der Waals surface area (Å²) in [6.45, 7) is 0. The molecular formula is C42H24F10N2. The van der Waals surface area contributed by atoms with E-state index < -0.39 is 46.2 Å². The summed E-state index contributed by atoms with van der Waals surface area (Å²) in [5, 5.41) is 3.07. The first-order valence-corrected chi connectivity index (χ1v) is 16.7. The molecule has 0 radical (unpaired) electrons. The Kier molecular flexibility index (Phi) is 6.86. The standard InChI is InChI=1S/C42H24F10N2/c43-38(44)37(39(45,46)41(49,50)42(51,52)40(38,47)48,25-17-21-27(22-18-25)53-33-13-5-1-9-29(33)30-10-2-6-14-34(30)53)26-19-23-28(24-20-26)54-35-15-7-3-11-31(35)32-12-4-8-16-36(32)54/h1-24H. The van der Waals surface area contributed by atoms with E-state index in [9.17, 15) is 8.78 Å². The molecule has 12 heteroatoms. The second-order valence-electron chi connectivity index (χ2n) is 13.5. The molecule has 0 aliphatic heterocycles. The Morgan fingerprint density at radius 1 is 0.278 bits per heavy atom. The molecule has 2 aromatic heterocycles. The van der Waals surface area contributed by atoms with Crippen LogP contribution in [0.1, 0.15) is 11.1 Å². The molecule has 0 atom stereocenters. The molecule has 8 aromatic rings. The molecule has 0 amide bonds. The minimum Gasteiger partial charge on any atom is -0.309 e. The van der Waals surface area contributed by atoms with Crippen LogP contribution in [0.15, 0.2) is 146 Å². The molecule has 1 aliphatic carbocycles. The summed E-state index contributed by atoms with van der Waals surface area (Å²) in [6, 6.07) is 34.7. The number of rotatable bonds is 4. The molecule has 0 unspecified atom stereocenters. The normalized spacial score (nSPS) is 19.4. The van der Waals surface area contributed by atoms with Crippen molar-refractivity contribution in [3.63, 3.8) is 0 Å². The van der Waals surface area contributed by atoms with Crippen molar-refractivity contribution in [2.24, 2.45) is 0 Å². The van der Waals surface area contributed by atoms with Crippen molar-refractivity contribution in [1.82, 2.24) is 9.13 Å². The number of fused-ring (bicyclic) bond motifs is 6. The fraction of sp³-hybridized carbons (Fsp3) is 0.143. The Balaban J connectivity index is 1.30. The highest BCUT2D eigenvalue weighted by atomic mass is 19.4. The van der Waals surface area contributed by atoms with Gasteiger partial charge in [-0.05, 0) is 59.7 Å². The van der Waals surface area contributed by atoms with Gasteiger partial charge in [0.25, 0.3) is 0 Å². The molecule has 0 bridgehead atoms. The minimum absolute atomic E-state index is 0.180.